The van der Waals surface area contributed by atoms with Gasteiger partial charge in [0.2, 0.25) is 0 Å². The lowest BCUT2D eigenvalue weighted by atomic mass is 10.0. The van der Waals surface area contributed by atoms with Gasteiger partial charge in [0.15, 0.2) is 6.10 Å². The average Bonchev–Trinajstić information content (AvgIpc) is 2.61. The molecule has 0 aliphatic heterocycles. The first-order valence-electron chi connectivity index (χ1n) is 7.57. The Bertz CT molecular complexity index is 828. The zero-order valence-electron chi connectivity index (χ0n) is 13.6. The van der Waals surface area contributed by atoms with E-state index in [1.54, 1.807) is 12.1 Å². The van der Waals surface area contributed by atoms with Gasteiger partial charge in [-0.3, -0.25) is 4.79 Å². The summed E-state index contributed by atoms with van der Waals surface area (Å²) in [4.78, 5) is 27.5. The Hall–Kier alpha value is -2.46. The van der Waals surface area contributed by atoms with Crippen LogP contribution in [-0.4, -0.2) is 33.1 Å². The number of aliphatic hydroxyl groups excluding tert-OH is 1. The second-order valence-electron chi connectivity index (χ2n) is 5.58. The van der Waals surface area contributed by atoms with Crippen LogP contribution >= 0.6 is 15.9 Å². The van der Waals surface area contributed by atoms with Crippen LogP contribution in [-0.2, 0) is 22.2 Å². The first kappa shape index (κ1) is 20.8. The summed E-state index contributed by atoms with van der Waals surface area (Å²) < 4.78 is 38.1. The van der Waals surface area contributed by atoms with Crippen LogP contribution in [0.2, 0.25) is 0 Å². The van der Waals surface area contributed by atoms with Crippen molar-refractivity contribution < 1.29 is 33.0 Å². The molecule has 2 aromatic rings. The number of carboxylic acids is 1. The maximum absolute atomic E-state index is 12.6. The summed E-state index contributed by atoms with van der Waals surface area (Å²) in [6.45, 7) is 0. The number of aliphatic hydroxyl groups is 1. The predicted octanol–water partition coefficient (Wildman–Crippen LogP) is 2.71. The Morgan fingerprint density at radius 2 is 1.81 bits per heavy atom. The summed E-state index contributed by atoms with van der Waals surface area (Å²) in [5.41, 5.74) is -0.495. The predicted molar refractivity (Wildman–Crippen MR) is 91.6 cm³/mol. The number of pyridine rings is 1. The van der Waals surface area contributed by atoms with Crippen molar-refractivity contribution in [1.29, 1.82) is 0 Å². The minimum Gasteiger partial charge on any atom is -0.480 e. The second-order valence-corrected chi connectivity index (χ2v) is 6.33. The van der Waals surface area contributed by atoms with E-state index < -0.39 is 35.8 Å². The summed E-state index contributed by atoms with van der Waals surface area (Å²) in [5.74, 6) is -2.37. The molecule has 0 unspecified atom stereocenters. The van der Waals surface area contributed by atoms with E-state index in [1.165, 1.54) is 6.20 Å². The van der Waals surface area contributed by atoms with Gasteiger partial charge in [0.1, 0.15) is 10.6 Å². The topological polar surface area (TPSA) is 99.5 Å². The number of hydrogen-bond donors (Lipinski definition) is 3. The lowest BCUT2D eigenvalue weighted by Gasteiger charge is -2.18. The molecule has 0 aliphatic rings. The molecule has 1 aromatic heterocycles. The molecule has 0 bridgehead atoms. The summed E-state index contributed by atoms with van der Waals surface area (Å²) in [7, 11) is 0. The molecule has 10 heteroatoms. The van der Waals surface area contributed by atoms with Gasteiger partial charge >= 0.3 is 12.1 Å². The molecule has 144 valence electrons. The van der Waals surface area contributed by atoms with Crippen molar-refractivity contribution in [3.63, 3.8) is 0 Å². The number of halogens is 4. The summed E-state index contributed by atoms with van der Waals surface area (Å²) in [6, 6.07) is 5.23. The van der Waals surface area contributed by atoms with Crippen molar-refractivity contribution in [2.75, 3.05) is 0 Å². The van der Waals surface area contributed by atoms with E-state index in [4.69, 9.17) is 0 Å². The minimum atomic E-state index is -4.54. The van der Waals surface area contributed by atoms with Gasteiger partial charge in [-0.05, 0) is 45.3 Å². The molecule has 0 saturated heterocycles. The van der Waals surface area contributed by atoms with Crippen molar-refractivity contribution in [3.05, 3.63) is 63.9 Å². The van der Waals surface area contributed by atoms with E-state index in [-0.39, 0.29) is 12.0 Å². The summed E-state index contributed by atoms with van der Waals surface area (Å²) in [5, 5.41) is 21.5. The number of carbonyl (C=O) groups excluding carboxylic acids is 1. The highest BCUT2D eigenvalue weighted by atomic mass is 79.9. The fourth-order valence-electron chi connectivity index (χ4n) is 2.25. The summed E-state index contributed by atoms with van der Waals surface area (Å²) >= 11 is 3.17. The van der Waals surface area contributed by atoms with Crippen LogP contribution in [0.4, 0.5) is 13.2 Å². The highest BCUT2D eigenvalue weighted by Gasteiger charge is 2.31. The van der Waals surface area contributed by atoms with Crippen molar-refractivity contribution in [3.8, 4) is 0 Å². The van der Waals surface area contributed by atoms with E-state index in [1.807, 2.05) is 0 Å². The minimum absolute atomic E-state index is 0.0906. The van der Waals surface area contributed by atoms with Gasteiger partial charge in [-0.2, -0.15) is 13.2 Å². The molecule has 2 atom stereocenters. The molecule has 27 heavy (non-hydrogen) atoms. The van der Waals surface area contributed by atoms with E-state index >= 15 is 0 Å². The second kappa shape index (κ2) is 8.49. The molecule has 2 rings (SSSR count). The number of aromatic nitrogens is 1. The van der Waals surface area contributed by atoms with Crippen molar-refractivity contribution in [1.82, 2.24) is 10.3 Å². The maximum atomic E-state index is 12.6. The van der Waals surface area contributed by atoms with Crippen LogP contribution in [0.15, 0.2) is 47.2 Å². The number of hydrogen-bond acceptors (Lipinski definition) is 4. The van der Waals surface area contributed by atoms with E-state index in [9.17, 15) is 33.0 Å². The maximum Gasteiger partial charge on any atom is 0.416 e. The van der Waals surface area contributed by atoms with Gasteiger partial charge in [0, 0.05) is 12.6 Å². The fraction of sp³-hybridized carbons (Fsp3) is 0.235. The quantitative estimate of drug-likeness (QED) is 0.592. The van der Waals surface area contributed by atoms with Crippen molar-refractivity contribution >= 4 is 27.8 Å². The highest BCUT2D eigenvalue weighted by Crippen LogP contribution is 2.30. The third kappa shape index (κ3) is 5.51. The lowest BCUT2D eigenvalue weighted by Crippen LogP contribution is -2.44. The number of aliphatic carboxylic acids is 1. The third-order valence-electron chi connectivity index (χ3n) is 3.68. The monoisotopic (exact) mass is 446 g/mol. The normalized spacial score (nSPS) is 13.7. The van der Waals surface area contributed by atoms with Crippen molar-refractivity contribution in [2.45, 2.75) is 24.7 Å². The largest absolute Gasteiger partial charge is 0.480 e. The molecule has 0 saturated carbocycles. The highest BCUT2D eigenvalue weighted by molar-refractivity contribution is 9.10. The molecule has 0 spiro atoms. The Labute approximate surface area is 160 Å². The standard InChI is InChI=1S/C17H14BrF3N2O4/c18-14-10(2-1-7-22-14)8-12(16(26)27)23-15(25)13(24)9-3-5-11(6-4-9)17(19,20)21/h1-7,12-13,24H,8H2,(H,23,25)(H,26,27)/t12-,13-/m1/s1. The molecule has 6 nitrogen and oxygen atoms in total. The van der Waals surface area contributed by atoms with Gasteiger partial charge in [0.05, 0.1) is 5.56 Å². The van der Waals surface area contributed by atoms with Gasteiger partial charge < -0.3 is 15.5 Å². The van der Waals surface area contributed by atoms with Gasteiger partial charge in [-0.25, -0.2) is 9.78 Å². The number of carbonyl (C=O) groups is 2. The molecule has 0 aliphatic carbocycles. The summed E-state index contributed by atoms with van der Waals surface area (Å²) in [6.07, 6.45) is -4.96. The number of carboxylic acid groups (broad SMARTS) is 1. The Balaban J connectivity index is 2.10. The zero-order valence-corrected chi connectivity index (χ0v) is 15.2. The van der Waals surface area contributed by atoms with E-state index in [0.29, 0.717) is 10.2 Å². The number of nitrogens with zero attached hydrogens (tertiary/aromatic N) is 1. The number of benzene rings is 1. The first-order chi connectivity index (χ1) is 12.6. The van der Waals surface area contributed by atoms with Crippen LogP contribution < -0.4 is 5.32 Å². The van der Waals surface area contributed by atoms with Crippen LogP contribution in [0.3, 0.4) is 0 Å². The number of rotatable bonds is 6. The first-order valence-corrected chi connectivity index (χ1v) is 8.36. The Kier molecular flexibility index (Phi) is 6.55. The lowest BCUT2D eigenvalue weighted by molar-refractivity contribution is -0.143. The Morgan fingerprint density at radius 1 is 1.19 bits per heavy atom. The number of nitrogens with one attached hydrogen (secondary N) is 1. The van der Waals surface area contributed by atoms with Gasteiger partial charge in [-0.1, -0.05) is 18.2 Å². The van der Waals surface area contributed by atoms with Crippen LogP contribution in [0.1, 0.15) is 22.8 Å². The van der Waals surface area contributed by atoms with E-state index in [2.05, 4.69) is 26.2 Å². The molecule has 0 fully saturated rings. The third-order valence-corrected chi connectivity index (χ3v) is 4.39. The van der Waals surface area contributed by atoms with Gasteiger partial charge in [-0.15, -0.1) is 0 Å². The van der Waals surface area contributed by atoms with Crippen LogP contribution in [0, 0.1) is 0 Å². The van der Waals surface area contributed by atoms with Gasteiger partial charge in [0.25, 0.3) is 5.91 Å². The van der Waals surface area contributed by atoms with Crippen LogP contribution in [0.5, 0.6) is 0 Å². The molecular formula is C17H14BrF3N2O4. The average molecular weight is 447 g/mol. The molecule has 3 N–H and O–H groups in total. The Morgan fingerprint density at radius 3 is 2.33 bits per heavy atom. The van der Waals surface area contributed by atoms with E-state index in [0.717, 1.165) is 24.3 Å². The molecular weight excluding hydrogens is 433 g/mol. The fourth-order valence-corrected chi connectivity index (χ4v) is 2.66. The number of alkyl halides is 3. The molecule has 1 aromatic carbocycles. The van der Waals surface area contributed by atoms with Crippen LogP contribution in [0.25, 0.3) is 0 Å². The van der Waals surface area contributed by atoms with Crippen molar-refractivity contribution in [2.24, 2.45) is 0 Å². The number of amides is 1. The molecule has 1 heterocycles. The zero-order chi connectivity index (χ0) is 20.2. The SMILES string of the molecule is O=C(O)[C@@H](Cc1cccnc1Br)NC(=O)[C@H](O)c1ccc(C(F)(F)F)cc1. The molecule has 1 amide bonds. The smallest absolute Gasteiger partial charge is 0.416 e. The molecule has 0 radical (unpaired) electrons.